The van der Waals surface area contributed by atoms with E-state index in [0.29, 0.717) is 5.41 Å². The second kappa shape index (κ2) is 4.48. The van der Waals surface area contributed by atoms with Crippen LogP contribution in [0.4, 0.5) is 0 Å². The van der Waals surface area contributed by atoms with E-state index in [2.05, 4.69) is 26.1 Å². The van der Waals surface area contributed by atoms with Gasteiger partial charge in [-0.1, -0.05) is 20.8 Å². The van der Waals surface area contributed by atoms with Crippen molar-refractivity contribution in [1.82, 2.24) is 5.32 Å². The Labute approximate surface area is 125 Å². The van der Waals surface area contributed by atoms with Crippen molar-refractivity contribution in [3.8, 4) is 0 Å². The fourth-order valence-electron chi connectivity index (χ4n) is 7.23. The molecular weight excluding hydrogens is 242 g/mol. The van der Waals surface area contributed by atoms with Crippen LogP contribution in [-0.2, 0) is 0 Å². The zero-order chi connectivity index (χ0) is 14.0. The maximum atomic E-state index is 3.82. The van der Waals surface area contributed by atoms with Gasteiger partial charge in [-0.3, -0.25) is 0 Å². The summed E-state index contributed by atoms with van der Waals surface area (Å²) in [5.74, 6) is 4.34. The van der Waals surface area contributed by atoms with Gasteiger partial charge in [0.25, 0.3) is 0 Å². The molecule has 1 nitrogen and oxygen atoms in total. The molecule has 0 saturated heterocycles. The van der Waals surface area contributed by atoms with Crippen LogP contribution in [0.5, 0.6) is 0 Å². The van der Waals surface area contributed by atoms with Crippen molar-refractivity contribution in [3.05, 3.63) is 0 Å². The minimum atomic E-state index is 0.542. The average Bonchev–Trinajstić information content (AvgIpc) is 2.35. The molecule has 0 amide bonds. The van der Waals surface area contributed by atoms with E-state index >= 15 is 0 Å². The molecule has 20 heavy (non-hydrogen) atoms. The van der Waals surface area contributed by atoms with Gasteiger partial charge >= 0.3 is 0 Å². The number of rotatable bonds is 4. The molecule has 4 bridgehead atoms. The summed E-state index contributed by atoms with van der Waals surface area (Å²) in [6.07, 6.45) is 12.3. The molecule has 0 aromatic rings. The van der Waals surface area contributed by atoms with Crippen molar-refractivity contribution in [1.29, 1.82) is 0 Å². The Morgan fingerprint density at radius 2 is 1.45 bits per heavy atom. The van der Waals surface area contributed by atoms with Crippen molar-refractivity contribution in [2.45, 2.75) is 78.2 Å². The summed E-state index contributed by atoms with van der Waals surface area (Å²) in [6.45, 7) is 8.62. The molecule has 0 aromatic carbocycles. The fraction of sp³-hybridized carbons (Fsp3) is 1.00. The van der Waals surface area contributed by atoms with Crippen LogP contribution >= 0.6 is 0 Å². The van der Waals surface area contributed by atoms with Crippen LogP contribution in [0.3, 0.4) is 0 Å². The molecule has 0 heterocycles. The van der Waals surface area contributed by atoms with E-state index < -0.39 is 0 Å². The lowest BCUT2D eigenvalue weighted by atomic mass is 9.39. The Morgan fingerprint density at radius 3 is 1.90 bits per heavy atom. The molecule has 114 valence electrons. The molecule has 5 aliphatic carbocycles. The van der Waals surface area contributed by atoms with Gasteiger partial charge in [0.05, 0.1) is 0 Å². The number of nitrogens with one attached hydrogen (secondary N) is 1. The minimum absolute atomic E-state index is 0.542. The van der Waals surface area contributed by atoms with Crippen molar-refractivity contribution in [3.63, 3.8) is 0 Å². The summed E-state index contributed by atoms with van der Waals surface area (Å²) < 4.78 is 0. The molecule has 2 atom stereocenters. The Morgan fingerprint density at radius 1 is 0.900 bits per heavy atom. The maximum absolute atomic E-state index is 3.82. The predicted molar refractivity (Wildman–Crippen MR) is 84.6 cm³/mol. The Balaban J connectivity index is 1.51. The van der Waals surface area contributed by atoms with Crippen LogP contribution in [0.25, 0.3) is 0 Å². The topological polar surface area (TPSA) is 12.0 Å². The average molecular weight is 275 g/mol. The third-order valence-corrected chi connectivity index (χ3v) is 7.73. The van der Waals surface area contributed by atoms with E-state index in [9.17, 15) is 0 Å². The third kappa shape index (κ3) is 1.84. The first-order chi connectivity index (χ1) is 9.53. The summed E-state index contributed by atoms with van der Waals surface area (Å²) in [5, 5.41) is 3.82. The molecule has 2 unspecified atom stereocenters. The smallest absolute Gasteiger partial charge is 0.0124 e. The monoisotopic (exact) mass is 275 g/mol. The Kier molecular flexibility index (Phi) is 3.05. The van der Waals surface area contributed by atoms with E-state index in [-0.39, 0.29) is 0 Å². The zero-order valence-electron chi connectivity index (χ0n) is 13.8. The second-order valence-electron chi connectivity index (χ2n) is 9.40. The van der Waals surface area contributed by atoms with Gasteiger partial charge in [0.2, 0.25) is 0 Å². The van der Waals surface area contributed by atoms with Gasteiger partial charge in [-0.25, -0.2) is 0 Å². The zero-order valence-corrected chi connectivity index (χ0v) is 13.8. The SMILES string of the molecule is CCCNC1CC(C23CC4CC(CC(C4)C2)C3)C1(C)C. The first kappa shape index (κ1) is 13.6. The van der Waals surface area contributed by atoms with Crippen molar-refractivity contribution >= 4 is 0 Å². The van der Waals surface area contributed by atoms with Gasteiger partial charge in [-0.2, -0.15) is 0 Å². The molecule has 5 fully saturated rings. The normalized spacial score (nSPS) is 52.0. The first-order valence-corrected chi connectivity index (χ1v) is 9.27. The molecule has 5 aliphatic rings. The molecule has 0 spiro atoms. The van der Waals surface area contributed by atoms with Gasteiger partial charge in [-0.05, 0) is 92.4 Å². The quantitative estimate of drug-likeness (QED) is 0.789. The summed E-state index contributed by atoms with van der Waals surface area (Å²) in [7, 11) is 0. The van der Waals surface area contributed by atoms with Crippen molar-refractivity contribution in [2.75, 3.05) is 6.54 Å². The molecule has 5 saturated carbocycles. The number of hydrogen-bond donors (Lipinski definition) is 1. The van der Waals surface area contributed by atoms with Crippen molar-refractivity contribution < 1.29 is 0 Å². The second-order valence-corrected chi connectivity index (χ2v) is 9.40. The largest absolute Gasteiger partial charge is 0.313 e. The van der Waals surface area contributed by atoms with Crippen LogP contribution < -0.4 is 5.32 Å². The number of hydrogen-bond acceptors (Lipinski definition) is 1. The highest BCUT2D eigenvalue weighted by Crippen LogP contribution is 2.69. The summed E-state index contributed by atoms with van der Waals surface area (Å²) in [4.78, 5) is 0. The lowest BCUT2D eigenvalue weighted by molar-refractivity contribution is -0.165. The predicted octanol–water partition coefficient (Wildman–Crippen LogP) is 4.62. The first-order valence-electron chi connectivity index (χ1n) is 9.27. The van der Waals surface area contributed by atoms with Crippen LogP contribution in [0.15, 0.2) is 0 Å². The van der Waals surface area contributed by atoms with Crippen LogP contribution in [0.2, 0.25) is 0 Å². The van der Waals surface area contributed by atoms with Gasteiger partial charge in [0.1, 0.15) is 0 Å². The highest BCUT2D eigenvalue weighted by atomic mass is 15.0. The van der Waals surface area contributed by atoms with Crippen LogP contribution in [0, 0.1) is 34.5 Å². The van der Waals surface area contributed by atoms with E-state index in [1.165, 1.54) is 19.4 Å². The molecule has 1 N–H and O–H groups in total. The van der Waals surface area contributed by atoms with Gasteiger partial charge in [0, 0.05) is 6.04 Å². The highest BCUT2D eigenvalue weighted by molar-refractivity contribution is 5.13. The Bertz CT molecular complexity index is 348. The van der Waals surface area contributed by atoms with Crippen LogP contribution in [0.1, 0.15) is 72.1 Å². The fourth-order valence-corrected chi connectivity index (χ4v) is 7.23. The lowest BCUT2D eigenvalue weighted by Gasteiger charge is -2.67. The van der Waals surface area contributed by atoms with E-state index in [4.69, 9.17) is 0 Å². The van der Waals surface area contributed by atoms with Gasteiger partial charge in [-0.15, -0.1) is 0 Å². The van der Waals surface area contributed by atoms with Crippen molar-refractivity contribution in [2.24, 2.45) is 34.5 Å². The van der Waals surface area contributed by atoms with E-state index in [0.717, 1.165) is 35.1 Å². The molecule has 1 heteroatoms. The summed E-state index contributed by atoms with van der Waals surface area (Å²) >= 11 is 0. The molecular formula is C19H33N. The summed E-state index contributed by atoms with van der Waals surface area (Å²) in [5.41, 5.74) is 1.31. The Hall–Kier alpha value is -0.0400. The molecule has 5 rings (SSSR count). The standard InChI is InChI=1S/C19H33N/c1-4-5-20-17-9-16(18(17,2)3)19-10-13-6-14(11-19)8-15(7-13)12-19/h13-17,20H,4-12H2,1-3H3. The minimum Gasteiger partial charge on any atom is -0.313 e. The third-order valence-electron chi connectivity index (χ3n) is 7.73. The summed E-state index contributed by atoms with van der Waals surface area (Å²) in [6, 6.07) is 0.792. The maximum Gasteiger partial charge on any atom is 0.0124 e. The van der Waals surface area contributed by atoms with Crippen LogP contribution in [-0.4, -0.2) is 12.6 Å². The molecule has 0 aliphatic heterocycles. The van der Waals surface area contributed by atoms with Gasteiger partial charge in [0.15, 0.2) is 0 Å². The lowest BCUT2D eigenvalue weighted by Crippen LogP contribution is -2.65. The molecule has 0 aromatic heterocycles. The van der Waals surface area contributed by atoms with E-state index in [1.54, 1.807) is 38.5 Å². The van der Waals surface area contributed by atoms with E-state index in [1.807, 2.05) is 0 Å². The van der Waals surface area contributed by atoms with Gasteiger partial charge < -0.3 is 5.32 Å². The highest BCUT2D eigenvalue weighted by Gasteiger charge is 2.62. The molecule has 0 radical (unpaired) electrons.